The van der Waals surface area contributed by atoms with Crippen LogP contribution >= 0.6 is 0 Å². The van der Waals surface area contributed by atoms with E-state index in [4.69, 9.17) is 15.6 Å². The first-order chi connectivity index (χ1) is 8.76. The molecule has 3 nitrogen and oxygen atoms in total. The number of hydrogen-bond donors (Lipinski definition) is 2. The normalized spacial score (nSPS) is 28.5. The highest BCUT2D eigenvalue weighted by molar-refractivity contribution is 4.88. The molecule has 0 aromatic carbocycles. The number of aliphatic hydroxyl groups is 1. The maximum atomic E-state index is 8.71. The van der Waals surface area contributed by atoms with Gasteiger partial charge in [-0.05, 0) is 44.4 Å². The van der Waals surface area contributed by atoms with Crippen molar-refractivity contribution >= 4 is 0 Å². The molecular weight excluding hydrogens is 226 g/mol. The predicted molar refractivity (Wildman–Crippen MR) is 75.5 cm³/mol. The van der Waals surface area contributed by atoms with E-state index in [1.807, 2.05) is 0 Å². The number of rotatable bonds is 9. The van der Waals surface area contributed by atoms with Crippen molar-refractivity contribution in [3.63, 3.8) is 0 Å². The second-order valence-electron chi connectivity index (χ2n) is 5.73. The number of aliphatic hydroxyl groups excluding tert-OH is 1. The van der Waals surface area contributed by atoms with Gasteiger partial charge in [0, 0.05) is 19.8 Å². The Morgan fingerprint density at radius 3 is 2.39 bits per heavy atom. The lowest BCUT2D eigenvalue weighted by Crippen LogP contribution is -2.44. The average molecular weight is 257 g/mol. The highest BCUT2D eigenvalue weighted by atomic mass is 16.5. The lowest BCUT2D eigenvalue weighted by Gasteiger charge is -2.39. The second kappa shape index (κ2) is 8.89. The Balaban J connectivity index is 2.17. The van der Waals surface area contributed by atoms with E-state index in [1.165, 1.54) is 19.3 Å². The third-order valence-corrected chi connectivity index (χ3v) is 4.43. The fourth-order valence-electron chi connectivity index (χ4n) is 2.88. The molecule has 0 aliphatic heterocycles. The van der Waals surface area contributed by atoms with E-state index in [0.717, 1.165) is 51.0 Å². The zero-order valence-corrected chi connectivity index (χ0v) is 12.0. The van der Waals surface area contributed by atoms with Crippen LogP contribution in [-0.2, 0) is 4.74 Å². The van der Waals surface area contributed by atoms with Crippen LogP contribution in [0.4, 0.5) is 0 Å². The van der Waals surface area contributed by atoms with E-state index in [1.54, 1.807) is 0 Å². The minimum absolute atomic E-state index is 0.0252. The first kappa shape index (κ1) is 15.9. The molecule has 3 N–H and O–H groups in total. The highest BCUT2D eigenvalue weighted by Crippen LogP contribution is 2.35. The molecule has 108 valence electrons. The Morgan fingerprint density at radius 2 is 1.83 bits per heavy atom. The maximum absolute atomic E-state index is 8.71. The smallest absolute Gasteiger partial charge is 0.0804 e. The molecule has 1 fully saturated rings. The van der Waals surface area contributed by atoms with E-state index in [2.05, 4.69) is 6.92 Å². The van der Waals surface area contributed by atoms with Gasteiger partial charge in [-0.15, -0.1) is 0 Å². The first-order valence-electron chi connectivity index (χ1n) is 7.71. The van der Waals surface area contributed by atoms with Crippen LogP contribution in [0.3, 0.4) is 0 Å². The van der Waals surface area contributed by atoms with Gasteiger partial charge in [0.2, 0.25) is 0 Å². The van der Waals surface area contributed by atoms with Gasteiger partial charge < -0.3 is 15.6 Å². The van der Waals surface area contributed by atoms with Gasteiger partial charge >= 0.3 is 0 Å². The Kier molecular flexibility index (Phi) is 7.87. The number of nitrogens with two attached hydrogens (primary N) is 1. The summed E-state index contributed by atoms with van der Waals surface area (Å²) in [6.45, 7) is 4.09. The van der Waals surface area contributed by atoms with Crippen molar-refractivity contribution in [1.29, 1.82) is 0 Å². The monoisotopic (exact) mass is 257 g/mol. The number of unbranched alkanes of at least 4 members (excludes halogenated alkanes) is 3. The molecule has 18 heavy (non-hydrogen) atoms. The van der Waals surface area contributed by atoms with Crippen LogP contribution < -0.4 is 5.73 Å². The minimum Gasteiger partial charge on any atom is -0.396 e. The van der Waals surface area contributed by atoms with E-state index in [-0.39, 0.29) is 5.60 Å². The number of hydrogen-bond acceptors (Lipinski definition) is 3. The van der Waals surface area contributed by atoms with Crippen molar-refractivity contribution in [2.75, 3.05) is 19.8 Å². The van der Waals surface area contributed by atoms with E-state index < -0.39 is 0 Å². The minimum atomic E-state index is -0.0252. The first-order valence-corrected chi connectivity index (χ1v) is 7.71. The van der Waals surface area contributed by atoms with Gasteiger partial charge in [-0.2, -0.15) is 0 Å². The molecular formula is C15H31NO2. The van der Waals surface area contributed by atoms with Gasteiger partial charge in [-0.25, -0.2) is 0 Å². The zero-order chi connectivity index (χ0) is 13.3. The molecule has 0 spiro atoms. The van der Waals surface area contributed by atoms with Gasteiger partial charge in [-0.3, -0.25) is 0 Å². The summed E-state index contributed by atoms with van der Waals surface area (Å²) in [4.78, 5) is 0. The van der Waals surface area contributed by atoms with Crippen molar-refractivity contribution < 1.29 is 9.84 Å². The van der Waals surface area contributed by atoms with Crippen LogP contribution in [0.15, 0.2) is 0 Å². The summed E-state index contributed by atoms with van der Waals surface area (Å²) in [5.41, 5.74) is 5.90. The predicted octanol–water partition coefficient (Wildman–Crippen LogP) is 2.85. The molecule has 1 saturated carbocycles. The highest BCUT2D eigenvalue weighted by Gasteiger charge is 2.34. The summed E-state index contributed by atoms with van der Waals surface area (Å²) < 4.78 is 6.11. The molecule has 0 radical (unpaired) electrons. The van der Waals surface area contributed by atoms with Crippen LogP contribution in [0.1, 0.15) is 64.7 Å². The third kappa shape index (κ3) is 5.25. The molecule has 0 atom stereocenters. The third-order valence-electron chi connectivity index (χ3n) is 4.43. The van der Waals surface area contributed by atoms with Crippen molar-refractivity contribution in [1.82, 2.24) is 0 Å². The van der Waals surface area contributed by atoms with Gasteiger partial charge in [0.25, 0.3) is 0 Å². The molecule has 0 saturated heterocycles. The second-order valence-corrected chi connectivity index (χ2v) is 5.73. The SMILES string of the molecule is CCC1CCC(CN)(OCCCCCCO)CC1. The van der Waals surface area contributed by atoms with E-state index in [0.29, 0.717) is 13.2 Å². The zero-order valence-electron chi connectivity index (χ0n) is 12.0. The topological polar surface area (TPSA) is 55.5 Å². The Bertz CT molecular complexity index is 201. The lowest BCUT2D eigenvalue weighted by atomic mass is 9.77. The van der Waals surface area contributed by atoms with E-state index in [9.17, 15) is 0 Å². The molecule has 1 rings (SSSR count). The van der Waals surface area contributed by atoms with Crippen molar-refractivity contribution in [3.8, 4) is 0 Å². The van der Waals surface area contributed by atoms with Crippen LogP contribution in [0, 0.1) is 5.92 Å². The molecule has 0 amide bonds. The van der Waals surface area contributed by atoms with Gasteiger partial charge in [0.05, 0.1) is 5.60 Å². The van der Waals surface area contributed by atoms with Crippen molar-refractivity contribution in [2.24, 2.45) is 11.7 Å². The summed E-state index contributed by atoms with van der Waals surface area (Å²) in [5, 5.41) is 8.71. The lowest BCUT2D eigenvalue weighted by molar-refractivity contribution is -0.0726. The summed E-state index contributed by atoms with van der Waals surface area (Å²) in [5.74, 6) is 0.887. The number of ether oxygens (including phenoxy) is 1. The largest absolute Gasteiger partial charge is 0.396 e. The molecule has 0 aromatic rings. The molecule has 0 heterocycles. The standard InChI is InChI=1S/C15H31NO2/c1-2-14-7-9-15(13-16,10-8-14)18-12-6-4-3-5-11-17/h14,17H,2-13,16H2,1H3. The summed E-state index contributed by atoms with van der Waals surface area (Å²) in [6.07, 6.45) is 10.4. The molecule has 3 heteroatoms. The van der Waals surface area contributed by atoms with Crippen LogP contribution in [0.2, 0.25) is 0 Å². The Labute approximate surface area is 112 Å². The molecule has 0 unspecified atom stereocenters. The van der Waals surface area contributed by atoms with Gasteiger partial charge in [0.1, 0.15) is 0 Å². The summed E-state index contributed by atoms with van der Waals surface area (Å²) >= 11 is 0. The Hall–Kier alpha value is -0.120. The van der Waals surface area contributed by atoms with Crippen molar-refractivity contribution in [3.05, 3.63) is 0 Å². The molecule has 0 bridgehead atoms. The van der Waals surface area contributed by atoms with Gasteiger partial charge in [0.15, 0.2) is 0 Å². The Morgan fingerprint density at radius 1 is 1.17 bits per heavy atom. The van der Waals surface area contributed by atoms with Crippen molar-refractivity contribution in [2.45, 2.75) is 70.3 Å². The summed E-state index contributed by atoms with van der Waals surface area (Å²) in [6, 6.07) is 0. The fraction of sp³-hybridized carbons (Fsp3) is 1.00. The maximum Gasteiger partial charge on any atom is 0.0804 e. The van der Waals surface area contributed by atoms with Gasteiger partial charge in [-0.1, -0.05) is 26.2 Å². The summed E-state index contributed by atoms with van der Waals surface area (Å²) in [7, 11) is 0. The fourth-order valence-corrected chi connectivity index (χ4v) is 2.88. The average Bonchev–Trinajstić information content (AvgIpc) is 2.43. The van der Waals surface area contributed by atoms with Crippen LogP contribution in [0.5, 0.6) is 0 Å². The molecule has 1 aliphatic rings. The molecule has 1 aliphatic carbocycles. The molecule has 0 aromatic heterocycles. The van der Waals surface area contributed by atoms with Crippen LogP contribution in [0.25, 0.3) is 0 Å². The van der Waals surface area contributed by atoms with Crippen LogP contribution in [-0.4, -0.2) is 30.5 Å². The quantitative estimate of drug-likeness (QED) is 0.624. The van der Waals surface area contributed by atoms with E-state index >= 15 is 0 Å².